The van der Waals surface area contributed by atoms with Gasteiger partial charge in [-0.3, -0.25) is 9.35 Å². The Kier molecular flexibility index (Phi) is 5.57. The van der Waals surface area contributed by atoms with Crippen LogP contribution in [0, 0.1) is 0 Å². The van der Waals surface area contributed by atoms with Gasteiger partial charge in [0.15, 0.2) is 0 Å². The maximum absolute atomic E-state index is 10.4. The van der Waals surface area contributed by atoms with E-state index in [4.69, 9.17) is 4.55 Å². The molecular weight excluding hydrogens is 192 g/mol. The lowest BCUT2D eigenvalue weighted by atomic mass is 10.1. The highest BCUT2D eigenvalue weighted by molar-refractivity contribution is 7.88. The summed E-state index contributed by atoms with van der Waals surface area (Å²) in [7, 11) is -4.17. The predicted molar refractivity (Wildman–Crippen MR) is 49.8 cm³/mol. The van der Waals surface area contributed by atoms with Crippen molar-refractivity contribution in [2.45, 2.75) is 32.6 Å². The summed E-state index contributed by atoms with van der Waals surface area (Å²) < 4.78 is 29.1. The number of hydrogen-bond acceptors (Lipinski definition) is 3. The molecule has 13 heavy (non-hydrogen) atoms. The molecule has 0 amide bonds. The fraction of sp³-hybridized carbons (Fsp3) is 0.625. The summed E-state index contributed by atoms with van der Waals surface area (Å²) in [4.78, 5) is 10.3. The third kappa shape index (κ3) is 7.67. The molecule has 0 aromatic rings. The molecule has 1 N–H and O–H groups in total. The van der Waals surface area contributed by atoms with Crippen molar-refractivity contribution in [3.05, 3.63) is 11.0 Å². The minimum absolute atomic E-state index is 0.121. The van der Waals surface area contributed by atoms with Gasteiger partial charge in [0.2, 0.25) is 0 Å². The van der Waals surface area contributed by atoms with Gasteiger partial charge in [0, 0.05) is 5.57 Å². The maximum Gasteiger partial charge on any atom is 0.287 e. The fourth-order valence-electron chi connectivity index (χ4n) is 0.916. The highest BCUT2D eigenvalue weighted by atomic mass is 32.2. The van der Waals surface area contributed by atoms with E-state index in [1.165, 1.54) is 0 Å². The van der Waals surface area contributed by atoms with Crippen LogP contribution >= 0.6 is 0 Å². The van der Waals surface area contributed by atoms with Crippen LogP contribution in [0.1, 0.15) is 32.6 Å². The minimum Gasteiger partial charge on any atom is -0.298 e. The molecule has 0 spiro atoms. The summed E-state index contributed by atoms with van der Waals surface area (Å²) in [6, 6.07) is 0. The molecule has 0 saturated carbocycles. The second-order valence-corrected chi connectivity index (χ2v) is 4.05. The Labute approximate surface area is 78.4 Å². The second-order valence-electron chi connectivity index (χ2n) is 2.78. The van der Waals surface area contributed by atoms with Crippen molar-refractivity contribution >= 4 is 16.4 Å². The second kappa shape index (κ2) is 5.88. The van der Waals surface area contributed by atoms with Crippen molar-refractivity contribution < 1.29 is 17.8 Å². The van der Waals surface area contributed by atoms with Crippen LogP contribution in [0.5, 0.6) is 0 Å². The highest BCUT2D eigenvalue weighted by Crippen LogP contribution is 2.07. The van der Waals surface area contributed by atoms with Crippen molar-refractivity contribution in [3.8, 4) is 0 Å². The molecule has 4 nitrogen and oxygen atoms in total. The molecule has 0 aliphatic rings. The largest absolute Gasteiger partial charge is 0.298 e. The van der Waals surface area contributed by atoms with Crippen LogP contribution in [0.3, 0.4) is 0 Å². The Balaban J connectivity index is 4.19. The summed E-state index contributed by atoms with van der Waals surface area (Å²) >= 11 is 0. The maximum atomic E-state index is 10.4. The monoisotopic (exact) mass is 206 g/mol. The lowest BCUT2D eigenvalue weighted by Crippen LogP contribution is -1.95. The van der Waals surface area contributed by atoms with E-state index < -0.39 is 10.1 Å². The Morgan fingerprint density at radius 2 is 2.00 bits per heavy atom. The molecule has 0 rings (SSSR count). The van der Waals surface area contributed by atoms with Crippen LogP contribution in [-0.4, -0.2) is 19.3 Å². The first-order chi connectivity index (χ1) is 5.99. The summed E-state index contributed by atoms with van der Waals surface area (Å²) in [5.74, 6) is 0. The van der Waals surface area contributed by atoms with E-state index in [9.17, 15) is 13.2 Å². The normalized spacial score (nSPS) is 12.9. The van der Waals surface area contributed by atoms with E-state index in [0.29, 0.717) is 18.1 Å². The van der Waals surface area contributed by atoms with Gasteiger partial charge in [0.25, 0.3) is 10.1 Å². The standard InChI is InChI=1S/C8H14O4S/c1-2-3-4-5-8(6-9)7-13(10,11)12/h6-7H,2-5H2,1H3,(H,10,11,12)/b8-7-. The fourth-order valence-corrected chi connectivity index (χ4v) is 1.47. The van der Waals surface area contributed by atoms with Gasteiger partial charge in [-0.15, -0.1) is 0 Å². The zero-order valence-corrected chi connectivity index (χ0v) is 8.38. The number of carbonyl (C=O) groups excluding carboxylic acids is 1. The Bertz CT molecular complexity index is 277. The number of aldehydes is 1. The number of hydrogen-bond donors (Lipinski definition) is 1. The van der Waals surface area contributed by atoms with E-state index >= 15 is 0 Å². The Morgan fingerprint density at radius 3 is 2.38 bits per heavy atom. The quantitative estimate of drug-likeness (QED) is 0.309. The SMILES string of the molecule is CCCCC/C(C=O)=C/S(=O)(=O)O. The van der Waals surface area contributed by atoms with Gasteiger partial charge in [-0.1, -0.05) is 19.8 Å². The van der Waals surface area contributed by atoms with Crippen molar-refractivity contribution in [1.82, 2.24) is 0 Å². The molecule has 76 valence electrons. The van der Waals surface area contributed by atoms with E-state index in [0.717, 1.165) is 19.3 Å². The average molecular weight is 206 g/mol. The third-order valence-corrected chi connectivity index (χ3v) is 2.12. The molecule has 0 aliphatic heterocycles. The highest BCUT2D eigenvalue weighted by Gasteiger charge is 2.03. The molecule has 0 atom stereocenters. The van der Waals surface area contributed by atoms with Gasteiger partial charge in [0.1, 0.15) is 6.29 Å². The average Bonchev–Trinajstić information content (AvgIpc) is 2.01. The smallest absolute Gasteiger partial charge is 0.287 e. The zero-order valence-electron chi connectivity index (χ0n) is 7.56. The summed E-state index contributed by atoms with van der Waals surface area (Å²) in [5, 5.41) is 0.607. The molecule has 0 bridgehead atoms. The lowest BCUT2D eigenvalue weighted by Gasteiger charge is -1.97. The molecule has 0 saturated heterocycles. The van der Waals surface area contributed by atoms with Crippen LogP contribution in [-0.2, 0) is 14.9 Å². The summed E-state index contributed by atoms with van der Waals surface area (Å²) in [5.41, 5.74) is 0.121. The molecule has 0 radical (unpaired) electrons. The molecule has 0 unspecified atom stereocenters. The third-order valence-electron chi connectivity index (χ3n) is 1.52. The Morgan fingerprint density at radius 1 is 1.38 bits per heavy atom. The van der Waals surface area contributed by atoms with E-state index in [-0.39, 0.29) is 5.57 Å². The number of unbranched alkanes of at least 4 members (excludes halogenated alkanes) is 2. The van der Waals surface area contributed by atoms with Crippen molar-refractivity contribution in [2.24, 2.45) is 0 Å². The van der Waals surface area contributed by atoms with Gasteiger partial charge < -0.3 is 0 Å². The predicted octanol–water partition coefficient (Wildman–Crippen LogP) is 1.54. The van der Waals surface area contributed by atoms with E-state index in [1.54, 1.807) is 0 Å². The zero-order chi connectivity index (χ0) is 10.3. The molecule has 0 aliphatic carbocycles. The van der Waals surface area contributed by atoms with Crippen LogP contribution in [0.15, 0.2) is 11.0 Å². The minimum atomic E-state index is -4.17. The van der Waals surface area contributed by atoms with Gasteiger partial charge in [-0.25, -0.2) is 0 Å². The van der Waals surface area contributed by atoms with E-state index in [2.05, 4.69) is 0 Å². The number of rotatable bonds is 6. The molecule has 0 fully saturated rings. The first-order valence-electron chi connectivity index (χ1n) is 4.13. The summed E-state index contributed by atoms with van der Waals surface area (Å²) in [6.45, 7) is 2.01. The first kappa shape index (κ1) is 12.3. The van der Waals surface area contributed by atoms with Gasteiger partial charge in [0.05, 0.1) is 5.41 Å². The van der Waals surface area contributed by atoms with Crippen LogP contribution in [0.25, 0.3) is 0 Å². The van der Waals surface area contributed by atoms with E-state index in [1.807, 2.05) is 6.92 Å². The Hall–Kier alpha value is -0.680. The number of carbonyl (C=O) groups is 1. The van der Waals surface area contributed by atoms with Gasteiger partial charge >= 0.3 is 0 Å². The van der Waals surface area contributed by atoms with Gasteiger partial charge in [-0.2, -0.15) is 8.42 Å². The lowest BCUT2D eigenvalue weighted by molar-refractivity contribution is -0.105. The van der Waals surface area contributed by atoms with Crippen LogP contribution in [0.4, 0.5) is 0 Å². The number of allylic oxidation sites excluding steroid dienone is 1. The van der Waals surface area contributed by atoms with Crippen molar-refractivity contribution in [2.75, 3.05) is 0 Å². The topological polar surface area (TPSA) is 71.4 Å². The molecule has 0 aromatic heterocycles. The van der Waals surface area contributed by atoms with Gasteiger partial charge in [-0.05, 0) is 12.8 Å². The molecule has 0 aromatic carbocycles. The molecule has 5 heteroatoms. The first-order valence-corrected chi connectivity index (χ1v) is 5.63. The van der Waals surface area contributed by atoms with Crippen LogP contribution < -0.4 is 0 Å². The summed E-state index contributed by atoms with van der Waals surface area (Å²) in [6.07, 6.45) is 3.56. The molecular formula is C8H14O4S. The molecule has 0 heterocycles. The van der Waals surface area contributed by atoms with Crippen molar-refractivity contribution in [3.63, 3.8) is 0 Å². The van der Waals surface area contributed by atoms with Crippen LogP contribution in [0.2, 0.25) is 0 Å². The van der Waals surface area contributed by atoms with Crippen molar-refractivity contribution in [1.29, 1.82) is 0 Å².